The molecule has 1 aromatic heterocycles. The van der Waals surface area contributed by atoms with Crippen molar-refractivity contribution in [3.63, 3.8) is 0 Å². The molecule has 0 aliphatic carbocycles. The SMILES string of the molecule is CCOC(C)c1noc(CN2CCN(C(=O)CNC(=O)[C@@H](N)C(C)C)CC2)n1.Cl.Cl. The van der Waals surface area contributed by atoms with E-state index in [1.54, 1.807) is 4.90 Å². The minimum Gasteiger partial charge on any atom is -0.371 e. The topological polar surface area (TPSA) is 127 Å². The number of hydrogen-bond acceptors (Lipinski definition) is 8. The fourth-order valence-electron chi connectivity index (χ4n) is 2.86. The van der Waals surface area contributed by atoms with E-state index in [-0.39, 0.29) is 55.2 Å². The summed E-state index contributed by atoms with van der Waals surface area (Å²) in [4.78, 5) is 32.4. The summed E-state index contributed by atoms with van der Waals surface area (Å²) in [6, 6.07) is -0.602. The van der Waals surface area contributed by atoms with Crippen LogP contribution in [0.25, 0.3) is 0 Å². The first-order chi connectivity index (χ1) is 13.3. The van der Waals surface area contributed by atoms with Crippen LogP contribution in [0.1, 0.15) is 45.5 Å². The number of amides is 2. The third-order valence-electron chi connectivity index (χ3n) is 4.78. The fraction of sp³-hybridized carbons (Fsp3) is 0.778. The van der Waals surface area contributed by atoms with Crippen molar-refractivity contribution in [3.05, 3.63) is 11.7 Å². The number of nitrogens with two attached hydrogens (primary N) is 1. The lowest BCUT2D eigenvalue weighted by atomic mass is 10.1. The Morgan fingerprint density at radius 2 is 1.83 bits per heavy atom. The van der Waals surface area contributed by atoms with E-state index in [1.165, 1.54) is 0 Å². The number of nitrogens with one attached hydrogen (secondary N) is 1. The van der Waals surface area contributed by atoms with Crippen LogP contribution in [0.3, 0.4) is 0 Å². The molecule has 0 aromatic carbocycles. The highest BCUT2D eigenvalue weighted by Crippen LogP contribution is 2.14. The first-order valence-corrected chi connectivity index (χ1v) is 9.79. The van der Waals surface area contributed by atoms with Crippen LogP contribution in [0.2, 0.25) is 0 Å². The first-order valence-electron chi connectivity index (χ1n) is 9.79. The average molecular weight is 469 g/mol. The molecule has 3 N–H and O–H groups in total. The lowest BCUT2D eigenvalue weighted by molar-refractivity contribution is -0.134. The third-order valence-corrected chi connectivity index (χ3v) is 4.78. The molecule has 174 valence electrons. The number of carbonyl (C=O) groups is 2. The van der Waals surface area contributed by atoms with Crippen LogP contribution in [0.15, 0.2) is 4.52 Å². The highest BCUT2D eigenvalue weighted by atomic mass is 35.5. The van der Waals surface area contributed by atoms with Gasteiger partial charge in [-0.25, -0.2) is 0 Å². The summed E-state index contributed by atoms with van der Waals surface area (Å²) >= 11 is 0. The van der Waals surface area contributed by atoms with Crippen molar-refractivity contribution in [1.82, 2.24) is 25.3 Å². The van der Waals surface area contributed by atoms with Crippen LogP contribution in [0, 0.1) is 5.92 Å². The lowest BCUT2D eigenvalue weighted by Gasteiger charge is -2.34. The van der Waals surface area contributed by atoms with Crippen molar-refractivity contribution < 1.29 is 18.8 Å². The Kier molecular flexibility index (Phi) is 13.1. The molecule has 2 atom stereocenters. The summed E-state index contributed by atoms with van der Waals surface area (Å²) < 4.78 is 10.8. The minimum atomic E-state index is -0.602. The molecule has 0 saturated carbocycles. The molecule has 1 fully saturated rings. The molecule has 1 aliphatic rings. The molecule has 1 unspecified atom stereocenters. The van der Waals surface area contributed by atoms with Crippen LogP contribution < -0.4 is 11.1 Å². The summed E-state index contributed by atoms with van der Waals surface area (Å²) in [5.41, 5.74) is 5.78. The van der Waals surface area contributed by atoms with Gasteiger partial charge in [0.2, 0.25) is 17.7 Å². The standard InChI is InChI=1S/C18H32N6O4.2ClH/c1-5-27-13(4)17-21-14(28-22-17)11-23-6-8-24(9-7-23)15(25)10-20-18(26)16(19)12(2)3;;/h12-13,16H,5-11,19H2,1-4H3,(H,20,26);2*1H/t13?,16-;;/m0../s1. The number of carbonyl (C=O) groups excluding carboxylic acids is 2. The van der Waals surface area contributed by atoms with Crippen molar-refractivity contribution in [3.8, 4) is 0 Å². The van der Waals surface area contributed by atoms with Gasteiger partial charge in [0.05, 0.1) is 19.1 Å². The van der Waals surface area contributed by atoms with Crippen LogP contribution >= 0.6 is 24.8 Å². The Balaban J connectivity index is 0.00000420. The molecule has 2 amide bonds. The second-order valence-corrected chi connectivity index (χ2v) is 7.29. The van der Waals surface area contributed by atoms with Crippen molar-refractivity contribution in [2.75, 3.05) is 39.3 Å². The number of nitrogens with zero attached hydrogens (tertiary/aromatic N) is 4. The molecule has 12 heteroatoms. The molecular weight excluding hydrogens is 435 g/mol. The number of aromatic nitrogens is 2. The zero-order chi connectivity index (χ0) is 20.7. The van der Waals surface area contributed by atoms with E-state index in [9.17, 15) is 9.59 Å². The van der Waals surface area contributed by atoms with Gasteiger partial charge in [-0.2, -0.15) is 4.98 Å². The maximum atomic E-state index is 12.3. The van der Waals surface area contributed by atoms with Gasteiger partial charge in [-0.1, -0.05) is 19.0 Å². The first kappa shape index (κ1) is 28.5. The zero-order valence-corrected chi connectivity index (χ0v) is 19.6. The van der Waals surface area contributed by atoms with Crippen molar-refractivity contribution in [2.45, 2.75) is 46.4 Å². The maximum Gasteiger partial charge on any atom is 0.242 e. The summed E-state index contributed by atoms with van der Waals surface area (Å²) in [6.07, 6.45) is -0.198. The number of hydrogen-bond donors (Lipinski definition) is 2. The van der Waals surface area contributed by atoms with Crippen molar-refractivity contribution in [1.29, 1.82) is 0 Å². The van der Waals surface area contributed by atoms with Crippen molar-refractivity contribution in [2.24, 2.45) is 11.7 Å². The molecule has 1 saturated heterocycles. The van der Waals surface area contributed by atoms with Crippen LogP contribution in [-0.2, 0) is 20.9 Å². The van der Waals surface area contributed by atoms with Gasteiger partial charge in [0.1, 0.15) is 6.10 Å². The van der Waals surface area contributed by atoms with E-state index in [0.717, 1.165) is 0 Å². The van der Waals surface area contributed by atoms with Gasteiger partial charge in [-0.15, -0.1) is 24.8 Å². The van der Waals surface area contributed by atoms with E-state index in [2.05, 4.69) is 20.4 Å². The Bertz CT molecular complexity index is 652. The van der Waals surface area contributed by atoms with Crippen molar-refractivity contribution >= 4 is 36.6 Å². The van der Waals surface area contributed by atoms with Crippen LogP contribution in [0.5, 0.6) is 0 Å². The Hall–Kier alpha value is -1.46. The summed E-state index contributed by atoms with van der Waals surface area (Å²) in [5, 5.41) is 6.58. The second kappa shape index (κ2) is 13.8. The molecule has 0 radical (unpaired) electrons. The zero-order valence-electron chi connectivity index (χ0n) is 18.0. The smallest absolute Gasteiger partial charge is 0.242 e. The van der Waals surface area contributed by atoms with Gasteiger partial charge in [0.15, 0.2) is 5.82 Å². The van der Waals surface area contributed by atoms with Gasteiger partial charge in [0, 0.05) is 32.8 Å². The Morgan fingerprint density at radius 3 is 2.40 bits per heavy atom. The predicted molar refractivity (Wildman–Crippen MR) is 117 cm³/mol. The van der Waals surface area contributed by atoms with Gasteiger partial charge in [-0.05, 0) is 19.8 Å². The van der Waals surface area contributed by atoms with E-state index >= 15 is 0 Å². The summed E-state index contributed by atoms with van der Waals surface area (Å²) in [6.45, 7) is 11.2. The number of piperazine rings is 1. The van der Waals surface area contributed by atoms with Gasteiger partial charge < -0.3 is 25.2 Å². The number of ether oxygens (including phenoxy) is 1. The number of rotatable bonds is 9. The molecule has 0 spiro atoms. The van der Waals surface area contributed by atoms with E-state index in [0.29, 0.717) is 51.0 Å². The fourth-order valence-corrected chi connectivity index (χ4v) is 2.86. The second-order valence-electron chi connectivity index (χ2n) is 7.29. The van der Waals surface area contributed by atoms with E-state index in [1.807, 2.05) is 27.7 Å². The minimum absolute atomic E-state index is 0. The molecule has 0 bridgehead atoms. The van der Waals surface area contributed by atoms with Gasteiger partial charge in [0.25, 0.3) is 0 Å². The van der Waals surface area contributed by atoms with Gasteiger partial charge >= 0.3 is 0 Å². The van der Waals surface area contributed by atoms with E-state index in [4.69, 9.17) is 15.0 Å². The van der Waals surface area contributed by atoms with Crippen LogP contribution in [-0.4, -0.2) is 77.1 Å². The largest absolute Gasteiger partial charge is 0.371 e. The highest BCUT2D eigenvalue weighted by molar-refractivity contribution is 5.87. The lowest BCUT2D eigenvalue weighted by Crippen LogP contribution is -2.52. The molecule has 10 nitrogen and oxygen atoms in total. The quantitative estimate of drug-likeness (QED) is 0.543. The Labute approximate surface area is 190 Å². The van der Waals surface area contributed by atoms with E-state index < -0.39 is 6.04 Å². The highest BCUT2D eigenvalue weighted by Gasteiger charge is 2.24. The molecule has 2 heterocycles. The Morgan fingerprint density at radius 1 is 1.20 bits per heavy atom. The van der Waals surface area contributed by atoms with Crippen LogP contribution in [0.4, 0.5) is 0 Å². The predicted octanol–water partition coefficient (Wildman–Crippen LogP) is 0.754. The molecule has 30 heavy (non-hydrogen) atoms. The van der Waals surface area contributed by atoms with Gasteiger partial charge in [-0.3, -0.25) is 14.5 Å². The summed E-state index contributed by atoms with van der Waals surface area (Å²) in [5.74, 6) is 0.711. The molecular formula is C18H34Cl2N6O4. The molecule has 1 aromatic rings. The average Bonchev–Trinajstić information content (AvgIpc) is 3.14. The summed E-state index contributed by atoms with van der Waals surface area (Å²) in [7, 11) is 0. The maximum absolute atomic E-state index is 12.3. The number of halogens is 2. The molecule has 1 aliphatic heterocycles. The third kappa shape index (κ3) is 8.35. The normalized spacial score (nSPS) is 16.4. The molecule has 2 rings (SSSR count). The monoisotopic (exact) mass is 468 g/mol.